The van der Waals surface area contributed by atoms with Crippen LogP contribution in [0, 0.1) is 0 Å². The van der Waals surface area contributed by atoms with Crippen molar-refractivity contribution in [2.24, 2.45) is 5.73 Å². The molecule has 4 heteroatoms. The molecule has 0 atom stereocenters. The number of hydrogen-bond acceptors (Lipinski definition) is 3. The van der Waals surface area contributed by atoms with Crippen molar-refractivity contribution in [3.63, 3.8) is 0 Å². The predicted octanol–water partition coefficient (Wildman–Crippen LogP) is -0.0772. The van der Waals surface area contributed by atoms with Gasteiger partial charge in [-0.2, -0.15) is 0 Å². The Morgan fingerprint density at radius 1 is 1.80 bits per heavy atom. The van der Waals surface area contributed by atoms with Gasteiger partial charge in [-0.15, -0.1) is 11.7 Å². The van der Waals surface area contributed by atoms with Crippen molar-refractivity contribution in [1.29, 1.82) is 0 Å². The van der Waals surface area contributed by atoms with Gasteiger partial charge in [-0.3, -0.25) is 0 Å². The van der Waals surface area contributed by atoms with Gasteiger partial charge in [0.15, 0.2) is 0 Å². The van der Waals surface area contributed by atoms with Crippen molar-refractivity contribution in [2.45, 2.75) is 13.1 Å². The molecule has 0 aromatic carbocycles. The second-order valence-electron chi connectivity index (χ2n) is 1.92. The van der Waals surface area contributed by atoms with E-state index in [4.69, 9.17) is 5.73 Å². The van der Waals surface area contributed by atoms with E-state index < -0.39 is 0 Å². The molecule has 0 unspecified atom stereocenters. The van der Waals surface area contributed by atoms with Crippen molar-refractivity contribution in [1.82, 2.24) is 15.0 Å². The van der Waals surface area contributed by atoms with E-state index in [2.05, 4.69) is 16.9 Å². The zero-order chi connectivity index (χ0) is 7.40. The van der Waals surface area contributed by atoms with Crippen LogP contribution in [-0.4, -0.2) is 15.0 Å². The molecule has 0 radical (unpaired) electrons. The first kappa shape index (κ1) is 6.95. The Labute approximate surface area is 59.3 Å². The molecule has 0 saturated heterocycles. The fourth-order valence-electron chi connectivity index (χ4n) is 0.654. The average molecular weight is 138 g/mol. The summed E-state index contributed by atoms with van der Waals surface area (Å²) in [4.78, 5) is 0. The number of rotatable bonds is 3. The van der Waals surface area contributed by atoms with Crippen molar-refractivity contribution in [2.75, 3.05) is 0 Å². The van der Waals surface area contributed by atoms with Crippen molar-refractivity contribution >= 4 is 0 Å². The number of nitrogens with zero attached hydrogens (tertiary/aromatic N) is 3. The van der Waals surface area contributed by atoms with Crippen LogP contribution in [0.25, 0.3) is 0 Å². The third-order valence-corrected chi connectivity index (χ3v) is 1.11. The second kappa shape index (κ2) is 3.12. The van der Waals surface area contributed by atoms with E-state index in [0.717, 1.165) is 5.69 Å². The van der Waals surface area contributed by atoms with E-state index in [1.54, 1.807) is 10.8 Å². The number of aromatic nitrogens is 3. The van der Waals surface area contributed by atoms with Gasteiger partial charge in [-0.1, -0.05) is 11.3 Å². The maximum Gasteiger partial charge on any atom is 0.0962 e. The molecule has 1 heterocycles. The lowest BCUT2D eigenvalue weighted by atomic mass is 10.5. The molecule has 0 saturated carbocycles. The maximum absolute atomic E-state index is 5.32. The minimum atomic E-state index is 0.442. The third-order valence-electron chi connectivity index (χ3n) is 1.11. The minimum absolute atomic E-state index is 0.442. The van der Waals surface area contributed by atoms with Gasteiger partial charge in [-0.25, -0.2) is 4.68 Å². The molecule has 1 rings (SSSR count). The van der Waals surface area contributed by atoms with Crippen LogP contribution in [0.2, 0.25) is 0 Å². The molecule has 54 valence electrons. The summed E-state index contributed by atoms with van der Waals surface area (Å²) in [5, 5.41) is 7.59. The van der Waals surface area contributed by atoms with Crippen LogP contribution in [0.5, 0.6) is 0 Å². The van der Waals surface area contributed by atoms with Gasteiger partial charge < -0.3 is 5.73 Å². The summed E-state index contributed by atoms with van der Waals surface area (Å²) in [7, 11) is 0. The smallest absolute Gasteiger partial charge is 0.0962 e. The van der Waals surface area contributed by atoms with E-state index in [-0.39, 0.29) is 0 Å². The van der Waals surface area contributed by atoms with Crippen molar-refractivity contribution in [3.05, 3.63) is 24.5 Å². The molecule has 1 aromatic rings. The quantitative estimate of drug-likeness (QED) is 0.594. The van der Waals surface area contributed by atoms with Crippen LogP contribution in [0.4, 0.5) is 0 Å². The molecule has 0 aliphatic carbocycles. The Bertz CT molecular complexity index is 215. The second-order valence-corrected chi connectivity index (χ2v) is 1.92. The lowest BCUT2D eigenvalue weighted by Gasteiger charge is -1.88. The Balaban J connectivity index is 2.67. The first-order valence-corrected chi connectivity index (χ1v) is 3.07. The zero-order valence-electron chi connectivity index (χ0n) is 5.70. The molecule has 0 amide bonds. The van der Waals surface area contributed by atoms with Gasteiger partial charge >= 0.3 is 0 Å². The van der Waals surface area contributed by atoms with Crippen LogP contribution in [0.15, 0.2) is 18.9 Å². The van der Waals surface area contributed by atoms with Gasteiger partial charge in [0.2, 0.25) is 0 Å². The third kappa shape index (κ3) is 1.41. The van der Waals surface area contributed by atoms with Crippen LogP contribution in [0.1, 0.15) is 5.69 Å². The minimum Gasteiger partial charge on any atom is -0.325 e. The SMILES string of the molecule is C=CCn1cc(CN)nn1. The Kier molecular flexibility index (Phi) is 2.17. The van der Waals surface area contributed by atoms with Crippen LogP contribution in [-0.2, 0) is 13.1 Å². The first-order valence-electron chi connectivity index (χ1n) is 3.07. The van der Waals surface area contributed by atoms with E-state index >= 15 is 0 Å². The molecule has 0 fully saturated rings. The predicted molar refractivity (Wildman–Crippen MR) is 38.1 cm³/mol. The highest BCUT2D eigenvalue weighted by molar-refractivity contribution is 4.91. The molecule has 0 spiro atoms. The summed E-state index contributed by atoms with van der Waals surface area (Å²) < 4.78 is 1.69. The van der Waals surface area contributed by atoms with Gasteiger partial charge in [0, 0.05) is 6.54 Å². The highest BCUT2D eigenvalue weighted by atomic mass is 15.4. The largest absolute Gasteiger partial charge is 0.325 e. The number of nitrogens with two attached hydrogens (primary N) is 1. The summed E-state index contributed by atoms with van der Waals surface area (Å²) in [6, 6.07) is 0. The van der Waals surface area contributed by atoms with E-state index in [0.29, 0.717) is 13.1 Å². The molecule has 0 bridgehead atoms. The van der Waals surface area contributed by atoms with Crippen molar-refractivity contribution < 1.29 is 0 Å². The van der Waals surface area contributed by atoms with Gasteiger partial charge in [-0.05, 0) is 0 Å². The summed E-state index contributed by atoms with van der Waals surface area (Å²) in [5.74, 6) is 0. The van der Waals surface area contributed by atoms with E-state index in [9.17, 15) is 0 Å². The molecular formula is C6H10N4. The Morgan fingerprint density at radius 2 is 2.60 bits per heavy atom. The van der Waals surface area contributed by atoms with Crippen molar-refractivity contribution in [3.8, 4) is 0 Å². The highest BCUT2D eigenvalue weighted by Crippen LogP contribution is 1.89. The maximum atomic E-state index is 5.32. The molecule has 2 N–H and O–H groups in total. The highest BCUT2D eigenvalue weighted by Gasteiger charge is 1.93. The van der Waals surface area contributed by atoms with E-state index in [1.807, 2.05) is 6.20 Å². The molecule has 0 aliphatic heterocycles. The molecule has 1 aromatic heterocycles. The number of hydrogen-bond donors (Lipinski definition) is 1. The van der Waals surface area contributed by atoms with Gasteiger partial charge in [0.1, 0.15) is 0 Å². The standard InChI is InChI=1S/C6H10N4/c1-2-3-10-5-6(4-7)8-9-10/h2,5H,1,3-4,7H2. The molecule has 10 heavy (non-hydrogen) atoms. The van der Waals surface area contributed by atoms with E-state index in [1.165, 1.54) is 0 Å². The lowest BCUT2D eigenvalue weighted by molar-refractivity contribution is 0.662. The topological polar surface area (TPSA) is 56.7 Å². The van der Waals surface area contributed by atoms with Crippen LogP contribution in [0.3, 0.4) is 0 Å². The molecule has 4 nitrogen and oxygen atoms in total. The van der Waals surface area contributed by atoms with Crippen LogP contribution >= 0.6 is 0 Å². The zero-order valence-corrected chi connectivity index (χ0v) is 5.70. The summed E-state index contributed by atoms with van der Waals surface area (Å²) in [6.07, 6.45) is 3.57. The van der Waals surface area contributed by atoms with Gasteiger partial charge in [0.25, 0.3) is 0 Å². The van der Waals surface area contributed by atoms with Gasteiger partial charge in [0.05, 0.1) is 18.4 Å². The fourth-order valence-corrected chi connectivity index (χ4v) is 0.654. The lowest BCUT2D eigenvalue weighted by Crippen LogP contribution is -1.96. The Hall–Kier alpha value is -1.16. The summed E-state index contributed by atoms with van der Waals surface area (Å²) in [5.41, 5.74) is 6.12. The summed E-state index contributed by atoms with van der Waals surface area (Å²) in [6.45, 7) is 4.70. The summed E-state index contributed by atoms with van der Waals surface area (Å²) >= 11 is 0. The molecule has 0 aliphatic rings. The molecular weight excluding hydrogens is 128 g/mol. The fraction of sp³-hybridized carbons (Fsp3) is 0.333. The monoisotopic (exact) mass is 138 g/mol. The average Bonchev–Trinajstić information content (AvgIpc) is 2.37. The first-order chi connectivity index (χ1) is 4.86. The normalized spacial score (nSPS) is 9.70. The van der Waals surface area contributed by atoms with Crippen LogP contribution < -0.4 is 5.73 Å². The Morgan fingerprint density at radius 3 is 3.10 bits per heavy atom. The number of allylic oxidation sites excluding steroid dienone is 1.